The highest BCUT2D eigenvalue weighted by atomic mass is 15.4. The van der Waals surface area contributed by atoms with Crippen LogP contribution in [0.15, 0.2) is 0 Å². The molecule has 0 aliphatic rings. The van der Waals surface area contributed by atoms with Crippen LogP contribution in [0.3, 0.4) is 0 Å². The van der Waals surface area contributed by atoms with Gasteiger partial charge >= 0.3 is 0 Å². The first-order chi connectivity index (χ1) is 6.72. The minimum Gasteiger partial charge on any atom is -0.340 e. The van der Waals surface area contributed by atoms with Crippen molar-refractivity contribution >= 4 is 5.95 Å². The molecule has 0 bridgehead atoms. The molecule has 1 rings (SSSR count). The van der Waals surface area contributed by atoms with Crippen LogP contribution in [0.2, 0.25) is 0 Å². The Morgan fingerprint density at radius 2 is 2.07 bits per heavy atom. The summed E-state index contributed by atoms with van der Waals surface area (Å²) in [5.41, 5.74) is 0. The number of H-pyrrole nitrogens is 1. The molecule has 1 heterocycles. The SMILES string of the molecule is CCN(CC)c1n[nH]c([C@H](C)NC)n1. The summed E-state index contributed by atoms with van der Waals surface area (Å²) >= 11 is 0. The number of anilines is 1. The van der Waals surface area contributed by atoms with Crippen LogP contribution in [0, 0.1) is 0 Å². The molecule has 1 atom stereocenters. The molecule has 0 aromatic carbocycles. The van der Waals surface area contributed by atoms with Crippen LogP contribution in [-0.2, 0) is 0 Å². The number of nitrogens with one attached hydrogen (secondary N) is 2. The van der Waals surface area contributed by atoms with Crippen molar-refractivity contribution in [2.75, 3.05) is 25.0 Å². The lowest BCUT2D eigenvalue weighted by atomic mass is 10.3. The van der Waals surface area contributed by atoms with Gasteiger partial charge in [-0.1, -0.05) is 0 Å². The Kier molecular flexibility index (Phi) is 3.88. The molecule has 14 heavy (non-hydrogen) atoms. The third-order valence-electron chi connectivity index (χ3n) is 2.38. The lowest BCUT2D eigenvalue weighted by molar-refractivity contribution is 0.613. The van der Waals surface area contributed by atoms with Crippen LogP contribution in [-0.4, -0.2) is 35.3 Å². The van der Waals surface area contributed by atoms with Crippen molar-refractivity contribution in [3.8, 4) is 0 Å². The second-order valence-electron chi connectivity index (χ2n) is 3.20. The lowest BCUT2D eigenvalue weighted by Crippen LogP contribution is -2.23. The number of hydrogen-bond donors (Lipinski definition) is 2. The van der Waals surface area contributed by atoms with E-state index in [1.807, 2.05) is 14.0 Å². The smallest absolute Gasteiger partial charge is 0.244 e. The highest BCUT2D eigenvalue weighted by molar-refractivity contribution is 5.28. The van der Waals surface area contributed by atoms with E-state index in [0.717, 1.165) is 24.9 Å². The van der Waals surface area contributed by atoms with E-state index in [2.05, 4.69) is 39.2 Å². The van der Waals surface area contributed by atoms with E-state index in [9.17, 15) is 0 Å². The molecule has 0 aliphatic heterocycles. The van der Waals surface area contributed by atoms with Gasteiger partial charge in [-0.25, -0.2) is 0 Å². The van der Waals surface area contributed by atoms with Gasteiger partial charge in [0.05, 0.1) is 6.04 Å². The average Bonchev–Trinajstić information content (AvgIpc) is 2.68. The summed E-state index contributed by atoms with van der Waals surface area (Å²) in [7, 11) is 1.91. The minimum absolute atomic E-state index is 0.215. The molecular weight excluding hydrogens is 178 g/mol. The maximum absolute atomic E-state index is 4.42. The van der Waals surface area contributed by atoms with Gasteiger partial charge in [0.25, 0.3) is 0 Å². The summed E-state index contributed by atoms with van der Waals surface area (Å²) in [6, 6.07) is 0.215. The molecule has 5 heteroatoms. The molecule has 0 spiro atoms. The topological polar surface area (TPSA) is 56.8 Å². The van der Waals surface area contributed by atoms with Crippen molar-refractivity contribution in [2.24, 2.45) is 0 Å². The molecule has 0 aliphatic carbocycles. The Hall–Kier alpha value is -1.10. The second kappa shape index (κ2) is 4.95. The molecule has 80 valence electrons. The molecule has 0 amide bonds. The highest BCUT2D eigenvalue weighted by Crippen LogP contribution is 2.10. The zero-order chi connectivity index (χ0) is 10.6. The standard InChI is InChI=1S/C9H19N5/c1-5-14(6-2)9-11-8(12-13-9)7(3)10-4/h7,10H,5-6H2,1-4H3,(H,11,12,13)/t7-/m0/s1. The molecule has 1 aromatic heterocycles. The first-order valence-corrected chi connectivity index (χ1v) is 5.07. The van der Waals surface area contributed by atoms with Crippen LogP contribution < -0.4 is 10.2 Å². The van der Waals surface area contributed by atoms with E-state index in [1.54, 1.807) is 0 Å². The fourth-order valence-corrected chi connectivity index (χ4v) is 1.24. The maximum atomic E-state index is 4.42. The number of aromatic amines is 1. The monoisotopic (exact) mass is 197 g/mol. The molecule has 5 nitrogen and oxygen atoms in total. The first kappa shape index (κ1) is 11.0. The third-order valence-corrected chi connectivity index (χ3v) is 2.38. The Balaban J connectivity index is 2.76. The Morgan fingerprint density at radius 1 is 1.43 bits per heavy atom. The molecule has 0 saturated heterocycles. The molecule has 0 saturated carbocycles. The lowest BCUT2D eigenvalue weighted by Gasteiger charge is -2.15. The maximum Gasteiger partial charge on any atom is 0.244 e. The van der Waals surface area contributed by atoms with Crippen molar-refractivity contribution < 1.29 is 0 Å². The Labute approximate surface area is 84.9 Å². The van der Waals surface area contributed by atoms with Gasteiger partial charge in [0.1, 0.15) is 5.82 Å². The summed E-state index contributed by atoms with van der Waals surface area (Å²) in [4.78, 5) is 6.53. The van der Waals surface area contributed by atoms with Gasteiger partial charge in [0, 0.05) is 13.1 Å². The van der Waals surface area contributed by atoms with Gasteiger partial charge in [0.2, 0.25) is 5.95 Å². The average molecular weight is 197 g/mol. The molecular formula is C9H19N5. The summed E-state index contributed by atoms with van der Waals surface area (Å²) in [5.74, 6) is 1.67. The fraction of sp³-hybridized carbons (Fsp3) is 0.778. The quantitative estimate of drug-likeness (QED) is 0.737. The van der Waals surface area contributed by atoms with Gasteiger partial charge in [-0.05, 0) is 27.8 Å². The molecule has 0 fully saturated rings. The number of aromatic nitrogens is 3. The molecule has 2 N–H and O–H groups in total. The largest absolute Gasteiger partial charge is 0.340 e. The number of rotatable bonds is 5. The Morgan fingerprint density at radius 3 is 2.57 bits per heavy atom. The van der Waals surface area contributed by atoms with Gasteiger partial charge in [-0.15, -0.1) is 5.10 Å². The van der Waals surface area contributed by atoms with E-state index in [0.29, 0.717) is 0 Å². The summed E-state index contributed by atoms with van der Waals surface area (Å²) < 4.78 is 0. The van der Waals surface area contributed by atoms with Crippen LogP contribution in [0.25, 0.3) is 0 Å². The predicted octanol–water partition coefficient (Wildman–Crippen LogP) is 0.931. The molecule has 0 unspecified atom stereocenters. The van der Waals surface area contributed by atoms with Crippen LogP contribution in [0.1, 0.15) is 32.6 Å². The highest BCUT2D eigenvalue weighted by Gasteiger charge is 2.11. The van der Waals surface area contributed by atoms with E-state index in [4.69, 9.17) is 0 Å². The summed E-state index contributed by atoms with van der Waals surface area (Å²) in [6.45, 7) is 8.11. The minimum atomic E-state index is 0.215. The van der Waals surface area contributed by atoms with E-state index in [-0.39, 0.29) is 6.04 Å². The van der Waals surface area contributed by atoms with Crippen molar-refractivity contribution in [2.45, 2.75) is 26.8 Å². The van der Waals surface area contributed by atoms with Gasteiger partial charge in [0.15, 0.2) is 0 Å². The molecule has 1 aromatic rings. The van der Waals surface area contributed by atoms with E-state index >= 15 is 0 Å². The number of hydrogen-bond acceptors (Lipinski definition) is 4. The van der Waals surface area contributed by atoms with Gasteiger partial charge in [-0.2, -0.15) is 4.98 Å². The summed E-state index contributed by atoms with van der Waals surface area (Å²) in [6.07, 6.45) is 0. The van der Waals surface area contributed by atoms with Gasteiger partial charge < -0.3 is 10.2 Å². The summed E-state index contributed by atoms with van der Waals surface area (Å²) in [5, 5.41) is 10.2. The Bertz CT molecular complexity index is 266. The normalized spacial score (nSPS) is 12.9. The van der Waals surface area contributed by atoms with E-state index < -0.39 is 0 Å². The zero-order valence-corrected chi connectivity index (χ0v) is 9.33. The third kappa shape index (κ3) is 2.23. The number of nitrogens with zero attached hydrogens (tertiary/aromatic N) is 3. The van der Waals surface area contributed by atoms with Crippen LogP contribution in [0.5, 0.6) is 0 Å². The van der Waals surface area contributed by atoms with Crippen molar-refractivity contribution in [3.05, 3.63) is 5.82 Å². The van der Waals surface area contributed by atoms with E-state index in [1.165, 1.54) is 0 Å². The molecule has 0 radical (unpaired) electrons. The fourth-order valence-electron chi connectivity index (χ4n) is 1.24. The van der Waals surface area contributed by atoms with Crippen molar-refractivity contribution in [3.63, 3.8) is 0 Å². The van der Waals surface area contributed by atoms with Crippen molar-refractivity contribution in [1.82, 2.24) is 20.5 Å². The van der Waals surface area contributed by atoms with Crippen molar-refractivity contribution in [1.29, 1.82) is 0 Å². The van der Waals surface area contributed by atoms with Crippen LogP contribution in [0.4, 0.5) is 5.95 Å². The first-order valence-electron chi connectivity index (χ1n) is 5.07. The predicted molar refractivity (Wildman–Crippen MR) is 57.4 cm³/mol. The van der Waals surface area contributed by atoms with Gasteiger partial charge in [-0.3, -0.25) is 5.10 Å². The zero-order valence-electron chi connectivity index (χ0n) is 9.33. The van der Waals surface area contributed by atoms with Crippen LogP contribution >= 0.6 is 0 Å². The second-order valence-corrected chi connectivity index (χ2v) is 3.20.